The van der Waals surface area contributed by atoms with Crippen LogP contribution in [0.4, 0.5) is 0 Å². The van der Waals surface area contributed by atoms with Gasteiger partial charge in [-0.1, -0.05) is 28.4 Å². The molecule has 0 saturated heterocycles. The summed E-state index contributed by atoms with van der Waals surface area (Å²) in [4.78, 5) is 19.4. The topological polar surface area (TPSA) is 108 Å². The molecule has 4 saturated carbocycles. The molecule has 10 heteroatoms. The third-order valence-corrected chi connectivity index (χ3v) is 9.09. The van der Waals surface area contributed by atoms with E-state index in [1.165, 1.54) is 6.20 Å². The number of fused-ring (bicyclic) bond motifs is 3. The van der Waals surface area contributed by atoms with Gasteiger partial charge in [0.15, 0.2) is 5.69 Å². The molecule has 4 aliphatic rings. The second kappa shape index (κ2) is 9.81. The summed E-state index contributed by atoms with van der Waals surface area (Å²) in [6.45, 7) is 2.74. The predicted octanol–water partition coefficient (Wildman–Crippen LogP) is 7.01. The van der Waals surface area contributed by atoms with Crippen LogP contribution in [0.1, 0.15) is 84.7 Å². The summed E-state index contributed by atoms with van der Waals surface area (Å²) in [5.41, 5.74) is 2.80. The number of carbonyl (C=O) groups is 1. The van der Waals surface area contributed by atoms with Crippen molar-refractivity contribution < 1.29 is 23.9 Å². The van der Waals surface area contributed by atoms with Crippen molar-refractivity contribution in [3.63, 3.8) is 0 Å². The quantitative estimate of drug-likeness (QED) is 0.299. The van der Waals surface area contributed by atoms with E-state index in [2.05, 4.69) is 15.1 Å². The predicted molar refractivity (Wildman–Crippen MR) is 141 cm³/mol. The summed E-state index contributed by atoms with van der Waals surface area (Å²) in [5, 5.41) is 14.5. The lowest BCUT2D eigenvalue weighted by Crippen LogP contribution is -2.49. The van der Waals surface area contributed by atoms with E-state index < -0.39 is 5.97 Å². The molecule has 0 unspecified atom stereocenters. The first-order valence-corrected chi connectivity index (χ1v) is 13.8. The molecule has 0 aromatic carbocycles. The van der Waals surface area contributed by atoms with Crippen LogP contribution in [0.15, 0.2) is 29.2 Å². The molecule has 3 heterocycles. The van der Waals surface area contributed by atoms with Crippen LogP contribution in [0.3, 0.4) is 0 Å². The SMILES string of the molecule is Cc1cc(OCC23CCC(OCc4c(-c5c(Cl)cncc5Cl)noc4C4CC4)(CC2)CC3)cnc1C(=O)O. The first kappa shape index (κ1) is 25.6. The van der Waals surface area contributed by atoms with Crippen molar-refractivity contribution in [1.29, 1.82) is 0 Å². The first-order valence-electron chi connectivity index (χ1n) is 13.0. The molecule has 200 valence electrons. The molecular weight excluding hydrogens is 529 g/mol. The lowest BCUT2D eigenvalue weighted by atomic mass is 9.59. The number of hydrogen-bond donors (Lipinski definition) is 1. The zero-order valence-corrected chi connectivity index (χ0v) is 22.6. The monoisotopic (exact) mass is 557 g/mol. The molecule has 2 bridgehead atoms. The second-order valence-electron chi connectivity index (χ2n) is 11.0. The van der Waals surface area contributed by atoms with Gasteiger partial charge >= 0.3 is 5.97 Å². The van der Waals surface area contributed by atoms with Gasteiger partial charge < -0.3 is 19.1 Å². The van der Waals surface area contributed by atoms with Crippen molar-refractivity contribution in [3.05, 3.63) is 57.3 Å². The van der Waals surface area contributed by atoms with Crippen LogP contribution in [0.2, 0.25) is 10.0 Å². The maximum absolute atomic E-state index is 11.2. The number of aromatic nitrogens is 3. The average molecular weight is 558 g/mol. The number of rotatable bonds is 9. The number of pyridine rings is 2. The molecule has 7 rings (SSSR count). The van der Waals surface area contributed by atoms with E-state index in [-0.39, 0.29) is 16.7 Å². The fourth-order valence-electron chi connectivity index (χ4n) is 5.94. The molecule has 0 radical (unpaired) electrons. The van der Waals surface area contributed by atoms with Gasteiger partial charge in [-0.25, -0.2) is 9.78 Å². The van der Waals surface area contributed by atoms with E-state index in [0.717, 1.165) is 62.7 Å². The molecule has 0 amide bonds. The number of halogens is 2. The summed E-state index contributed by atoms with van der Waals surface area (Å²) in [5.74, 6) is 0.837. The van der Waals surface area contributed by atoms with Gasteiger partial charge in [0, 0.05) is 34.9 Å². The number of nitrogens with zero attached hydrogens (tertiary/aromatic N) is 3. The molecule has 38 heavy (non-hydrogen) atoms. The summed E-state index contributed by atoms with van der Waals surface area (Å²) in [6.07, 6.45) is 12.7. The van der Waals surface area contributed by atoms with Crippen LogP contribution in [-0.4, -0.2) is 38.4 Å². The van der Waals surface area contributed by atoms with Crippen LogP contribution in [0, 0.1) is 12.3 Å². The Morgan fingerprint density at radius 2 is 1.79 bits per heavy atom. The first-order chi connectivity index (χ1) is 18.3. The Balaban J connectivity index is 1.13. The Kier molecular flexibility index (Phi) is 6.61. The van der Waals surface area contributed by atoms with Crippen molar-refractivity contribution in [2.75, 3.05) is 6.61 Å². The van der Waals surface area contributed by atoms with Gasteiger partial charge in [0.1, 0.15) is 17.2 Å². The van der Waals surface area contributed by atoms with Gasteiger partial charge in [0.25, 0.3) is 0 Å². The van der Waals surface area contributed by atoms with Gasteiger partial charge in [-0.2, -0.15) is 0 Å². The molecule has 4 aliphatic carbocycles. The summed E-state index contributed by atoms with van der Waals surface area (Å²) < 4.78 is 18.6. The van der Waals surface area contributed by atoms with E-state index in [0.29, 0.717) is 51.7 Å². The molecule has 1 N–H and O–H groups in total. The number of hydrogen-bond acceptors (Lipinski definition) is 7. The van der Waals surface area contributed by atoms with E-state index in [4.69, 9.17) is 37.2 Å². The van der Waals surface area contributed by atoms with E-state index >= 15 is 0 Å². The highest BCUT2D eigenvalue weighted by atomic mass is 35.5. The average Bonchev–Trinajstić information content (AvgIpc) is 3.67. The van der Waals surface area contributed by atoms with Crippen LogP contribution in [-0.2, 0) is 11.3 Å². The largest absolute Gasteiger partial charge is 0.491 e. The highest BCUT2D eigenvalue weighted by molar-refractivity contribution is 6.38. The molecule has 3 aromatic rings. The van der Waals surface area contributed by atoms with Crippen LogP contribution < -0.4 is 4.74 Å². The van der Waals surface area contributed by atoms with E-state index in [1.54, 1.807) is 25.4 Å². The molecule has 4 fully saturated rings. The van der Waals surface area contributed by atoms with Crippen molar-refractivity contribution in [3.8, 4) is 17.0 Å². The molecule has 0 atom stereocenters. The lowest BCUT2D eigenvalue weighted by Gasteiger charge is -2.52. The Morgan fingerprint density at radius 1 is 1.11 bits per heavy atom. The van der Waals surface area contributed by atoms with Crippen molar-refractivity contribution in [2.45, 2.75) is 76.4 Å². The normalized spacial score (nSPS) is 24.5. The lowest BCUT2D eigenvalue weighted by molar-refractivity contribution is -0.150. The minimum absolute atomic E-state index is 0.0575. The third kappa shape index (κ3) is 4.78. The van der Waals surface area contributed by atoms with E-state index in [1.807, 2.05) is 0 Å². The van der Waals surface area contributed by atoms with Gasteiger partial charge in [-0.05, 0) is 69.9 Å². The Labute approximate surface area is 230 Å². The maximum atomic E-state index is 11.2. The van der Waals surface area contributed by atoms with Gasteiger partial charge in [-0.15, -0.1) is 0 Å². The van der Waals surface area contributed by atoms with Gasteiger partial charge in [-0.3, -0.25) is 4.98 Å². The minimum atomic E-state index is -1.03. The highest BCUT2D eigenvalue weighted by Crippen LogP contribution is 2.55. The molecular formula is C28H29Cl2N3O5. The summed E-state index contributed by atoms with van der Waals surface area (Å²) in [6, 6.07) is 1.75. The zero-order valence-electron chi connectivity index (χ0n) is 21.1. The van der Waals surface area contributed by atoms with Gasteiger partial charge in [0.05, 0.1) is 35.1 Å². The highest BCUT2D eigenvalue weighted by Gasteiger charge is 2.50. The van der Waals surface area contributed by atoms with Crippen molar-refractivity contribution in [1.82, 2.24) is 15.1 Å². The Hall–Kier alpha value is -2.68. The fourth-order valence-corrected chi connectivity index (χ4v) is 6.48. The maximum Gasteiger partial charge on any atom is 0.354 e. The molecule has 0 spiro atoms. The summed E-state index contributed by atoms with van der Waals surface area (Å²) in [7, 11) is 0. The number of aryl methyl sites for hydroxylation is 1. The van der Waals surface area contributed by atoms with Crippen molar-refractivity contribution >= 4 is 29.2 Å². The molecule has 8 nitrogen and oxygen atoms in total. The molecule has 0 aliphatic heterocycles. The zero-order chi connectivity index (χ0) is 26.5. The van der Waals surface area contributed by atoms with Crippen molar-refractivity contribution in [2.24, 2.45) is 5.41 Å². The standard InChI is InChI=1S/C28H29Cl2N3O5/c1-16-10-18(11-32-23(16)26(34)35)36-15-27-4-7-28(8-5-27,9-6-27)37-14-19-24(33-38-25(19)17-2-3-17)22-20(29)12-31-13-21(22)30/h10-13,17H,2-9,14-15H2,1H3,(H,34,35). The molecule has 3 aromatic heterocycles. The Bertz CT molecular complexity index is 1340. The summed E-state index contributed by atoms with van der Waals surface area (Å²) >= 11 is 12.9. The number of ether oxygens (including phenoxy) is 2. The van der Waals surface area contributed by atoms with Crippen LogP contribution in [0.5, 0.6) is 5.75 Å². The van der Waals surface area contributed by atoms with E-state index in [9.17, 15) is 9.90 Å². The smallest absolute Gasteiger partial charge is 0.354 e. The number of carboxylic acids is 1. The van der Waals surface area contributed by atoms with Crippen LogP contribution in [0.25, 0.3) is 11.3 Å². The third-order valence-electron chi connectivity index (χ3n) is 8.51. The number of aromatic carboxylic acids is 1. The number of carboxylic acid groups (broad SMARTS) is 1. The van der Waals surface area contributed by atoms with Gasteiger partial charge in [0.2, 0.25) is 0 Å². The minimum Gasteiger partial charge on any atom is -0.491 e. The second-order valence-corrected chi connectivity index (χ2v) is 11.8. The Morgan fingerprint density at radius 3 is 2.39 bits per heavy atom. The van der Waals surface area contributed by atoms with Crippen LogP contribution >= 0.6 is 23.2 Å². The fraction of sp³-hybridized carbons (Fsp3) is 0.500.